The summed E-state index contributed by atoms with van der Waals surface area (Å²) in [4.78, 5) is 0. The molecule has 4 heteroatoms. The van der Waals surface area contributed by atoms with Gasteiger partial charge in [-0.05, 0) is 38.6 Å². The molecule has 1 atom stereocenters. The van der Waals surface area contributed by atoms with Gasteiger partial charge in [-0.1, -0.05) is 174 Å². The first-order valence-corrected chi connectivity index (χ1v) is 18.0. The van der Waals surface area contributed by atoms with Gasteiger partial charge < -0.3 is 22.9 Å². The Morgan fingerprint density at radius 2 is 0.692 bits per heavy atom. The molecular formula is C35H76N4. The number of rotatable bonds is 33. The van der Waals surface area contributed by atoms with E-state index in [-0.39, 0.29) is 0 Å². The molecule has 0 bridgehead atoms. The minimum atomic E-state index is -0.469. The maximum Gasteiger partial charge on any atom is 0.0636 e. The fourth-order valence-corrected chi connectivity index (χ4v) is 5.92. The Kier molecular flexibility index (Phi) is 30.7. The van der Waals surface area contributed by atoms with E-state index in [2.05, 4.69) is 6.92 Å². The molecule has 236 valence electrons. The van der Waals surface area contributed by atoms with Crippen LogP contribution in [0.1, 0.15) is 206 Å². The van der Waals surface area contributed by atoms with Gasteiger partial charge in [-0.15, -0.1) is 0 Å². The number of nitrogens with two attached hydrogens (primary N) is 4. The first-order valence-electron chi connectivity index (χ1n) is 18.0. The van der Waals surface area contributed by atoms with Crippen molar-refractivity contribution in [1.82, 2.24) is 0 Å². The number of hydrogen-bond donors (Lipinski definition) is 4. The Bertz CT molecular complexity index is 454. The van der Waals surface area contributed by atoms with Crippen molar-refractivity contribution in [2.45, 2.75) is 218 Å². The monoisotopic (exact) mass is 553 g/mol. The van der Waals surface area contributed by atoms with Crippen LogP contribution >= 0.6 is 0 Å². The topological polar surface area (TPSA) is 104 Å². The summed E-state index contributed by atoms with van der Waals surface area (Å²) >= 11 is 0. The average molecular weight is 553 g/mol. The summed E-state index contributed by atoms with van der Waals surface area (Å²) in [6.07, 6.45) is 40.8. The molecule has 0 aromatic carbocycles. The molecule has 8 N–H and O–H groups in total. The van der Waals surface area contributed by atoms with Crippen molar-refractivity contribution < 1.29 is 0 Å². The molecular weight excluding hydrogens is 476 g/mol. The highest BCUT2D eigenvalue weighted by Crippen LogP contribution is 2.19. The Hall–Kier alpha value is -0.160. The first kappa shape index (κ1) is 38.8. The van der Waals surface area contributed by atoms with Crippen LogP contribution in [0.25, 0.3) is 0 Å². The van der Waals surface area contributed by atoms with Crippen molar-refractivity contribution in [3.63, 3.8) is 0 Å². The van der Waals surface area contributed by atoms with E-state index < -0.39 is 5.66 Å². The standard InChI is InChI=1S/C35H76N4/c1-2-3-4-5-6-7-8-9-10-11-12-15-18-21-26-31-35(38,39)32-27-23-25-30-34(37)29-24-20-17-14-13-16-19-22-28-33-36/h34H,2-33,36-39H2,1H3. The predicted octanol–water partition coefficient (Wildman–Crippen LogP) is 10.00. The summed E-state index contributed by atoms with van der Waals surface area (Å²) in [5.41, 5.74) is 24.3. The quantitative estimate of drug-likeness (QED) is 0.0480. The van der Waals surface area contributed by atoms with Gasteiger partial charge in [-0.25, -0.2) is 0 Å². The lowest BCUT2D eigenvalue weighted by atomic mass is 9.95. The summed E-state index contributed by atoms with van der Waals surface area (Å²) in [5.74, 6) is 0. The van der Waals surface area contributed by atoms with E-state index in [4.69, 9.17) is 22.9 Å². The van der Waals surface area contributed by atoms with E-state index in [1.54, 1.807) is 0 Å². The lowest BCUT2D eigenvalue weighted by molar-refractivity contribution is 0.344. The van der Waals surface area contributed by atoms with Gasteiger partial charge in [0.25, 0.3) is 0 Å². The molecule has 0 aliphatic rings. The highest BCUT2D eigenvalue weighted by molar-refractivity contribution is 4.76. The first-order chi connectivity index (χ1) is 19.0. The summed E-state index contributed by atoms with van der Waals surface area (Å²) in [6.45, 7) is 3.14. The van der Waals surface area contributed by atoms with Crippen LogP contribution in [-0.2, 0) is 0 Å². The lowest BCUT2D eigenvalue weighted by Crippen LogP contribution is -2.49. The third kappa shape index (κ3) is 32.2. The molecule has 0 rings (SSSR count). The van der Waals surface area contributed by atoms with Crippen LogP contribution < -0.4 is 22.9 Å². The minimum Gasteiger partial charge on any atom is -0.330 e. The molecule has 4 nitrogen and oxygen atoms in total. The molecule has 0 saturated carbocycles. The molecule has 0 aliphatic heterocycles. The molecule has 0 fully saturated rings. The zero-order chi connectivity index (χ0) is 28.7. The van der Waals surface area contributed by atoms with Crippen LogP contribution in [0.3, 0.4) is 0 Å². The van der Waals surface area contributed by atoms with Crippen LogP contribution in [-0.4, -0.2) is 18.2 Å². The molecule has 0 radical (unpaired) electrons. The number of unbranched alkanes of at least 4 members (excludes halogenated alkanes) is 24. The van der Waals surface area contributed by atoms with Crippen molar-refractivity contribution >= 4 is 0 Å². The second kappa shape index (κ2) is 30.8. The second-order valence-electron chi connectivity index (χ2n) is 13.1. The van der Waals surface area contributed by atoms with E-state index in [9.17, 15) is 0 Å². The van der Waals surface area contributed by atoms with E-state index in [0.717, 1.165) is 32.2 Å². The molecule has 39 heavy (non-hydrogen) atoms. The zero-order valence-electron chi connectivity index (χ0n) is 27.0. The molecule has 1 unspecified atom stereocenters. The van der Waals surface area contributed by atoms with Gasteiger partial charge in [0.15, 0.2) is 0 Å². The Labute approximate surface area is 247 Å². The van der Waals surface area contributed by atoms with Crippen molar-refractivity contribution in [2.75, 3.05) is 6.54 Å². The molecule has 0 aromatic rings. The van der Waals surface area contributed by atoms with E-state index >= 15 is 0 Å². The summed E-state index contributed by atoms with van der Waals surface area (Å²) in [6, 6.07) is 0.377. The lowest BCUT2D eigenvalue weighted by Gasteiger charge is -2.24. The predicted molar refractivity (Wildman–Crippen MR) is 177 cm³/mol. The van der Waals surface area contributed by atoms with Gasteiger partial charge in [-0.2, -0.15) is 0 Å². The maximum atomic E-state index is 6.41. The highest BCUT2D eigenvalue weighted by atomic mass is 14.9. The molecule has 0 aliphatic carbocycles. The molecule has 0 heterocycles. The van der Waals surface area contributed by atoms with Crippen LogP contribution in [0.15, 0.2) is 0 Å². The molecule has 0 spiro atoms. The van der Waals surface area contributed by atoms with Gasteiger partial charge >= 0.3 is 0 Å². The smallest absolute Gasteiger partial charge is 0.0636 e. The Balaban J connectivity index is 3.38. The fraction of sp³-hybridized carbons (Fsp3) is 1.00. The van der Waals surface area contributed by atoms with Crippen molar-refractivity contribution in [1.29, 1.82) is 0 Å². The van der Waals surface area contributed by atoms with Gasteiger partial charge in [0.05, 0.1) is 5.66 Å². The third-order valence-electron chi connectivity index (χ3n) is 8.74. The normalized spacial score (nSPS) is 12.8. The van der Waals surface area contributed by atoms with Gasteiger partial charge in [-0.3, -0.25) is 0 Å². The average Bonchev–Trinajstić information content (AvgIpc) is 2.91. The Morgan fingerprint density at radius 3 is 1.05 bits per heavy atom. The largest absolute Gasteiger partial charge is 0.330 e. The summed E-state index contributed by atoms with van der Waals surface area (Å²) in [5, 5.41) is 0. The van der Waals surface area contributed by atoms with Crippen molar-refractivity contribution in [3.8, 4) is 0 Å². The third-order valence-corrected chi connectivity index (χ3v) is 8.74. The van der Waals surface area contributed by atoms with E-state index in [0.29, 0.717) is 6.04 Å². The fourth-order valence-electron chi connectivity index (χ4n) is 5.92. The van der Waals surface area contributed by atoms with Crippen LogP contribution in [0.2, 0.25) is 0 Å². The summed E-state index contributed by atoms with van der Waals surface area (Å²) in [7, 11) is 0. The maximum absolute atomic E-state index is 6.41. The second-order valence-corrected chi connectivity index (χ2v) is 13.1. The van der Waals surface area contributed by atoms with Crippen LogP contribution in [0.5, 0.6) is 0 Å². The van der Waals surface area contributed by atoms with Gasteiger partial charge in [0.1, 0.15) is 0 Å². The van der Waals surface area contributed by atoms with Crippen LogP contribution in [0.4, 0.5) is 0 Å². The number of hydrogen-bond acceptors (Lipinski definition) is 4. The van der Waals surface area contributed by atoms with Crippen molar-refractivity contribution in [2.24, 2.45) is 22.9 Å². The van der Waals surface area contributed by atoms with Gasteiger partial charge in [0.2, 0.25) is 0 Å². The van der Waals surface area contributed by atoms with Crippen LogP contribution in [0, 0.1) is 0 Å². The molecule has 0 saturated heterocycles. The molecule has 0 aromatic heterocycles. The van der Waals surface area contributed by atoms with Crippen molar-refractivity contribution in [3.05, 3.63) is 0 Å². The minimum absolute atomic E-state index is 0.377. The zero-order valence-corrected chi connectivity index (χ0v) is 27.0. The molecule has 0 amide bonds. The summed E-state index contributed by atoms with van der Waals surface area (Å²) < 4.78 is 0. The highest BCUT2D eigenvalue weighted by Gasteiger charge is 2.17. The van der Waals surface area contributed by atoms with E-state index in [1.165, 1.54) is 173 Å². The van der Waals surface area contributed by atoms with Gasteiger partial charge in [0, 0.05) is 6.04 Å². The Morgan fingerprint density at radius 1 is 0.410 bits per heavy atom. The van der Waals surface area contributed by atoms with E-state index in [1.807, 2.05) is 0 Å². The SMILES string of the molecule is CCCCCCCCCCCCCCCCCC(N)(N)CCCCCC(N)CCCCCCCCCCCN.